The number of carbonyl (C=O) groups excluding carboxylic acids is 2. The largest absolute Gasteiger partial charge is 0.454 e. The molecule has 25 heavy (non-hydrogen) atoms. The molecule has 0 unspecified atom stereocenters. The Bertz CT molecular complexity index is 921. The van der Waals surface area contributed by atoms with Gasteiger partial charge in [0.25, 0.3) is 5.91 Å². The molecule has 1 fully saturated rings. The number of rotatable bonds is 2. The molecule has 0 saturated carbocycles. The number of nitrogens with one attached hydrogen (secondary N) is 1. The molecule has 2 aliphatic rings. The SMILES string of the molecule is Cc1cc2c(cc1/C=C1/NC(=O)N(c3ccc(Cl)cc3)C1=O)OCO2. The first-order chi connectivity index (χ1) is 12.0. The van der Waals surface area contributed by atoms with Gasteiger partial charge in [-0.1, -0.05) is 11.6 Å². The van der Waals surface area contributed by atoms with Crippen molar-refractivity contribution in [2.24, 2.45) is 0 Å². The predicted molar refractivity (Wildman–Crippen MR) is 92.7 cm³/mol. The molecule has 2 heterocycles. The van der Waals surface area contributed by atoms with Crippen molar-refractivity contribution in [2.45, 2.75) is 6.92 Å². The van der Waals surface area contributed by atoms with Crippen LogP contribution in [0.4, 0.5) is 10.5 Å². The van der Waals surface area contributed by atoms with E-state index in [0.717, 1.165) is 16.0 Å². The van der Waals surface area contributed by atoms with E-state index in [9.17, 15) is 9.59 Å². The highest BCUT2D eigenvalue weighted by Gasteiger charge is 2.35. The van der Waals surface area contributed by atoms with E-state index in [1.807, 2.05) is 13.0 Å². The highest BCUT2D eigenvalue weighted by Crippen LogP contribution is 2.35. The third-order valence-corrected chi connectivity index (χ3v) is 4.28. The fourth-order valence-corrected chi connectivity index (χ4v) is 2.86. The molecule has 0 atom stereocenters. The van der Waals surface area contributed by atoms with Crippen LogP contribution >= 0.6 is 11.6 Å². The van der Waals surface area contributed by atoms with Gasteiger partial charge in [0, 0.05) is 5.02 Å². The highest BCUT2D eigenvalue weighted by atomic mass is 35.5. The minimum Gasteiger partial charge on any atom is -0.454 e. The molecule has 126 valence electrons. The number of amides is 3. The topological polar surface area (TPSA) is 67.9 Å². The first-order valence-electron chi connectivity index (χ1n) is 7.56. The minimum atomic E-state index is -0.503. The van der Waals surface area contributed by atoms with E-state index < -0.39 is 11.9 Å². The van der Waals surface area contributed by atoms with E-state index in [1.54, 1.807) is 36.4 Å². The summed E-state index contributed by atoms with van der Waals surface area (Å²) >= 11 is 5.85. The number of urea groups is 1. The van der Waals surface area contributed by atoms with Gasteiger partial charge in [0.15, 0.2) is 11.5 Å². The van der Waals surface area contributed by atoms with Gasteiger partial charge in [-0.3, -0.25) is 4.79 Å². The zero-order valence-corrected chi connectivity index (χ0v) is 14.0. The quantitative estimate of drug-likeness (QED) is 0.661. The number of fused-ring (bicyclic) bond motifs is 1. The lowest BCUT2D eigenvalue weighted by molar-refractivity contribution is -0.113. The van der Waals surface area contributed by atoms with Crippen LogP contribution in [0.3, 0.4) is 0 Å². The normalized spacial score (nSPS) is 17.4. The van der Waals surface area contributed by atoms with Crippen LogP contribution in [0.5, 0.6) is 11.5 Å². The number of aryl methyl sites for hydroxylation is 1. The first kappa shape index (κ1) is 15.5. The Morgan fingerprint density at radius 1 is 1.12 bits per heavy atom. The van der Waals surface area contributed by atoms with Gasteiger partial charge in [0.1, 0.15) is 5.70 Å². The standard InChI is InChI=1S/C18H13ClN2O4/c1-10-6-15-16(25-9-24-15)8-11(10)7-14-17(22)21(18(23)20-14)13-4-2-12(19)3-5-13/h2-8H,9H2,1H3,(H,20,23)/b14-7+. The molecule has 0 spiro atoms. The highest BCUT2D eigenvalue weighted by molar-refractivity contribution is 6.31. The van der Waals surface area contributed by atoms with Gasteiger partial charge in [0.05, 0.1) is 5.69 Å². The molecule has 0 aromatic heterocycles. The smallest absolute Gasteiger partial charge is 0.333 e. The monoisotopic (exact) mass is 356 g/mol. The van der Waals surface area contributed by atoms with Crippen LogP contribution in [0.25, 0.3) is 6.08 Å². The van der Waals surface area contributed by atoms with E-state index in [0.29, 0.717) is 22.2 Å². The van der Waals surface area contributed by atoms with Crippen LogP contribution in [0, 0.1) is 6.92 Å². The third-order valence-electron chi connectivity index (χ3n) is 4.02. The average molecular weight is 357 g/mol. The molecule has 4 rings (SSSR count). The van der Waals surface area contributed by atoms with E-state index in [2.05, 4.69) is 5.32 Å². The number of carbonyl (C=O) groups is 2. The van der Waals surface area contributed by atoms with Gasteiger partial charge in [-0.25, -0.2) is 9.69 Å². The zero-order chi connectivity index (χ0) is 17.6. The predicted octanol–water partition coefficient (Wildman–Crippen LogP) is 3.47. The number of ether oxygens (including phenoxy) is 2. The van der Waals surface area contributed by atoms with E-state index in [4.69, 9.17) is 21.1 Å². The van der Waals surface area contributed by atoms with Crippen molar-refractivity contribution in [3.8, 4) is 11.5 Å². The summed E-state index contributed by atoms with van der Waals surface area (Å²) in [4.78, 5) is 25.9. The van der Waals surface area contributed by atoms with Crippen LogP contribution in [0.15, 0.2) is 42.1 Å². The van der Waals surface area contributed by atoms with Crippen LogP contribution in [-0.2, 0) is 4.79 Å². The number of imide groups is 1. The third kappa shape index (κ3) is 2.70. The van der Waals surface area contributed by atoms with Crippen molar-refractivity contribution in [3.63, 3.8) is 0 Å². The Labute approximate surface area is 148 Å². The van der Waals surface area contributed by atoms with Crippen molar-refractivity contribution in [1.29, 1.82) is 0 Å². The summed E-state index contributed by atoms with van der Waals surface area (Å²) in [7, 11) is 0. The number of hydrogen-bond acceptors (Lipinski definition) is 4. The molecule has 1 N–H and O–H groups in total. The molecule has 0 radical (unpaired) electrons. The summed E-state index contributed by atoms with van der Waals surface area (Å²) in [6, 6.07) is 9.62. The van der Waals surface area contributed by atoms with E-state index in [1.165, 1.54) is 0 Å². The zero-order valence-electron chi connectivity index (χ0n) is 13.2. The molecule has 1 saturated heterocycles. The molecular weight excluding hydrogens is 344 g/mol. The Hall–Kier alpha value is -2.99. The van der Waals surface area contributed by atoms with Crippen molar-refractivity contribution in [1.82, 2.24) is 5.32 Å². The molecule has 6 nitrogen and oxygen atoms in total. The summed E-state index contributed by atoms with van der Waals surface area (Å²) in [5.74, 6) is 0.859. The number of halogens is 1. The molecule has 2 aromatic carbocycles. The maximum atomic E-state index is 12.6. The van der Waals surface area contributed by atoms with Gasteiger partial charge in [-0.2, -0.15) is 0 Å². The van der Waals surface area contributed by atoms with Crippen LogP contribution in [0.1, 0.15) is 11.1 Å². The van der Waals surface area contributed by atoms with Crippen LogP contribution in [-0.4, -0.2) is 18.7 Å². The summed E-state index contributed by atoms with van der Waals surface area (Å²) in [6.07, 6.45) is 1.63. The number of hydrogen-bond donors (Lipinski definition) is 1. The summed E-state index contributed by atoms with van der Waals surface area (Å²) < 4.78 is 10.7. The van der Waals surface area contributed by atoms with Crippen molar-refractivity contribution < 1.29 is 19.1 Å². The molecule has 3 amide bonds. The number of anilines is 1. The van der Waals surface area contributed by atoms with Crippen molar-refractivity contribution in [2.75, 3.05) is 11.7 Å². The van der Waals surface area contributed by atoms with Gasteiger partial charge in [0.2, 0.25) is 6.79 Å². The molecule has 2 aliphatic heterocycles. The molecule has 2 aromatic rings. The summed E-state index contributed by atoms with van der Waals surface area (Å²) in [5.41, 5.74) is 2.33. The lowest BCUT2D eigenvalue weighted by Gasteiger charge is -2.11. The second-order valence-corrected chi connectivity index (χ2v) is 6.10. The second kappa shape index (κ2) is 5.82. The van der Waals surface area contributed by atoms with Crippen molar-refractivity contribution in [3.05, 3.63) is 58.2 Å². The lowest BCUT2D eigenvalue weighted by atomic mass is 10.1. The Morgan fingerprint density at radius 2 is 1.80 bits per heavy atom. The summed E-state index contributed by atoms with van der Waals surface area (Å²) in [6.45, 7) is 2.07. The fourth-order valence-electron chi connectivity index (χ4n) is 2.73. The minimum absolute atomic E-state index is 0.175. The van der Waals surface area contributed by atoms with Gasteiger partial charge < -0.3 is 14.8 Å². The number of nitrogens with zero attached hydrogens (tertiary/aromatic N) is 1. The Morgan fingerprint density at radius 3 is 2.52 bits per heavy atom. The molecule has 0 aliphatic carbocycles. The number of benzene rings is 2. The maximum absolute atomic E-state index is 12.6. The van der Waals surface area contributed by atoms with Crippen LogP contribution in [0.2, 0.25) is 5.02 Å². The van der Waals surface area contributed by atoms with E-state index >= 15 is 0 Å². The first-order valence-corrected chi connectivity index (χ1v) is 7.94. The van der Waals surface area contributed by atoms with Crippen molar-refractivity contribution >= 4 is 35.3 Å². The van der Waals surface area contributed by atoms with Gasteiger partial charge >= 0.3 is 6.03 Å². The molecule has 0 bridgehead atoms. The lowest BCUT2D eigenvalue weighted by Crippen LogP contribution is -2.30. The molecular formula is C18H13ClN2O4. The summed E-state index contributed by atoms with van der Waals surface area (Å²) in [5, 5.41) is 3.13. The average Bonchev–Trinajstić information content (AvgIpc) is 3.13. The van der Waals surface area contributed by atoms with E-state index in [-0.39, 0.29) is 12.5 Å². The molecule has 7 heteroatoms. The second-order valence-electron chi connectivity index (χ2n) is 5.67. The Balaban J connectivity index is 1.68. The van der Waals surface area contributed by atoms with Gasteiger partial charge in [-0.15, -0.1) is 0 Å². The van der Waals surface area contributed by atoms with Gasteiger partial charge in [-0.05, 0) is 60.5 Å². The van der Waals surface area contributed by atoms with Crippen LogP contribution < -0.4 is 19.7 Å². The fraction of sp³-hybridized carbons (Fsp3) is 0.111. The maximum Gasteiger partial charge on any atom is 0.333 e. The Kier molecular flexibility index (Phi) is 3.62.